The number of piperidine rings is 1. The van der Waals surface area contributed by atoms with Gasteiger partial charge < -0.3 is 4.90 Å². The maximum absolute atomic E-state index is 12.7. The van der Waals surface area contributed by atoms with Gasteiger partial charge in [0.25, 0.3) is 0 Å². The summed E-state index contributed by atoms with van der Waals surface area (Å²) in [5, 5.41) is 0.172. The van der Waals surface area contributed by atoms with Crippen LogP contribution >= 0.6 is 11.8 Å². The van der Waals surface area contributed by atoms with Crippen molar-refractivity contribution in [3.63, 3.8) is 0 Å². The lowest BCUT2D eigenvalue weighted by Crippen LogP contribution is -2.30. The number of aromatic nitrogens is 2. The maximum atomic E-state index is 12.7. The van der Waals surface area contributed by atoms with E-state index in [0.717, 1.165) is 50.2 Å². The highest BCUT2D eigenvalue weighted by Gasteiger charge is 2.34. The summed E-state index contributed by atoms with van der Waals surface area (Å²) in [6, 6.07) is 1.05. The quantitative estimate of drug-likeness (QED) is 0.613. The van der Waals surface area contributed by atoms with Gasteiger partial charge in [-0.3, -0.25) is 0 Å². The molecule has 7 heteroatoms. The van der Waals surface area contributed by atoms with Gasteiger partial charge in [0.15, 0.2) is 10.9 Å². The number of anilines is 1. The van der Waals surface area contributed by atoms with Gasteiger partial charge >= 0.3 is 6.18 Å². The third-order valence-electron chi connectivity index (χ3n) is 2.85. The van der Waals surface area contributed by atoms with E-state index >= 15 is 0 Å². The second-order valence-corrected chi connectivity index (χ2v) is 4.92. The molecule has 0 spiro atoms. The molecule has 18 heavy (non-hydrogen) atoms. The molecule has 2 heterocycles. The Morgan fingerprint density at radius 1 is 1.17 bits per heavy atom. The molecule has 0 aliphatic carbocycles. The van der Waals surface area contributed by atoms with Gasteiger partial charge in [-0.15, -0.1) is 0 Å². The molecule has 1 fully saturated rings. The van der Waals surface area contributed by atoms with Crippen molar-refractivity contribution >= 4 is 17.6 Å². The predicted molar refractivity (Wildman–Crippen MR) is 64.9 cm³/mol. The average Bonchev–Trinajstić information content (AvgIpc) is 2.38. The molecule has 0 radical (unpaired) electrons. The minimum atomic E-state index is -4.42. The second-order valence-electron chi connectivity index (χ2n) is 4.14. The maximum Gasteiger partial charge on any atom is 0.433 e. The lowest BCUT2D eigenvalue weighted by molar-refractivity contribution is -0.141. The van der Waals surface area contributed by atoms with E-state index in [4.69, 9.17) is 0 Å². The number of nitrogens with zero attached hydrogens (tertiary/aromatic N) is 3. The summed E-state index contributed by atoms with van der Waals surface area (Å²) in [4.78, 5) is 9.59. The first kappa shape index (κ1) is 13.5. The number of hydrogen-bond acceptors (Lipinski definition) is 4. The Labute approximate surface area is 108 Å². The molecule has 3 nitrogen and oxygen atoms in total. The molecule has 0 N–H and O–H groups in total. The summed E-state index contributed by atoms with van der Waals surface area (Å²) in [7, 11) is 0. The van der Waals surface area contributed by atoms with Crippen LogP contribution in [0.25, 0.3) is 0 Å². The minimum Gasteiger partial charge on any atom is -0.356 e. The van der Waals surface area contributed by atoms with E-state index in [1.807, 2.05) is 4.90 Å². The third-order valence-corrected chi connectivity index (χ3v) is 3.39. The van der Waals surface area contributed by atoms with Crippen LogP contribution in [0.3, 0.4) is 0 Å². The number of halogens is 3. The van der Waals surface area contributed by atoms with Gasteiger partial charge in [0.05, 0.1) is 0 Å². The summed E-state index contributed by atoms with van der Waals surface area (Å²) in [5.74, 6) is 0.390. The highest BCUT2D eigenvalue weighted by atomic mass is 32.2. The summed E-state index contributed by atoms with van der Waals surface area (Å²) in [5.41, 5.74) is -0.859. The van der Waals surface area contributed by atoms with E-state index < -0.39 is 11.9 Å². The molecule has 100 valence electrons. The first-order chi connectivity index (χ1) is 8.50. The topological polar surface area (TPSA) is 29.0 Å². The van der Waals surface area contributed by atoms with Crippen LogP contribution in [0.1, 0.15) is 25.0 Å². The molecule has 0 atom stereocenters. The predicted octanol–water partition coefficient (Wildman–Crippen LogP) is 3.21. The number of rotatable bonds is 2. The van der Waals surface area contributed by atoms with Crippen molar-refractivity contribution in [2.45, 2.75) is 30.6 Å². The molecule has 1 aliphatic heterocycles. The van der Waals surface area contributed by atoms with E-state index in [2.05, 4.69) is 9.97 Å². The number of hydrogen-bond donors (Lipinski definition) is 0. The molecule has 0 aromatic carbocycles. The van der Waals surface area contributed by atoms with E-state index in [-0.39, 0.29) is 5.16 Å². The van der Waals surface area contributed by atoms with Crippen molar-refractivity contribution in [2.75, 3.05) is 24.2 Å². The lowest BCUT2D eigenvalue weighted by atomic mass is 10.1. The first-order valence-electron chi connectivity index (χ1n) is 5.76. The monoisotopic (exact) mass is 277 g/mol. The third kappa shape index (κ3) is 3.07. The SMILES string of the molecule is CSc1nc(N2CCCCC2)cc(C(F)(F)F)n1. The highest BCUT2D eigenvalue weighted by Crippen LogP contribution is 2.31. The van der Waals surface area contributed by atoms with Crippen molar-refractivity contribution in [3.8, 4) is 0 Å². The van der Waals surface area contributed by atoms with Gasteiger partial charge in [-0.1, -0.05) is 11.8 Å². The Bertz CT molecular complexity index is 416. The van der Waals surface area contributed by atoms with Crippen molar-refractivity contribution in [3.05, 3.63) is 11.8 Å². The summed E-state index contributed by atoms with van der Waals surface area (Å²) in [6.07, 6.45) is 0.385. The Morgan fingerprint density at radius 2 is 1.83 bits per heavy atom. The fourth-order valence-electron chi connectivity index (χ4n) is 1.93. The normalized spacial score (nSPS) is 17.0. The van der Waals surface area contributed by atoms with Crippen LogP contribution in [-0.2, 0) is 6.18 Å². The van der Waals surface area contributed by atoms with Gasteiger partial charge in [0.1, 0.15) is 5.82 Å². The molecule has 1 aromatic rings. The molecular weight excluding hydrogens is 263 g/mol. The van der Waals surface area contributed by atoms with Crippen LogP contribution in [0, 0.1) is 0 Å². The Balaban J connectivity index is 2.34. The van der Waals surface area contributed by atoms with Gasteiger partial charge in [-0.25, -0.2) is 9.97 Å². The van der Waals surface area contributed by atoms with E-state index in [1.54, 1.807) is 6.26 Å². The first-order valence-corrected chi connectivity index (χ1v) is 6.98. The second kappa shape index (κ2) is 5.34. The van der Waals surface area contributed by atoms with Crippen molar-refractivity contribution < 1.29 is 13.2 Å². The molecule has 1 aliphatic rings. The smallest absolute Gasteiger partial charge is 0.356 e. The highest BCUT2D eigenvalue weighted by molar-refractivity contribution is 7.98. The van der Waals surface area contributed by atoms with E-state index in [9.17, 15) is 13.2 Å². The molecule has 2 rings (SSSR count). The fourth-order valence-corrected chi connectivity index (χ4v) is 2.31. The van der Waals surface area contributed by atoms with Crippen LogP contribution in [0.2, 0.25) is 0 Å². The number of thioether (sulfide) groups is 1. The van der Waals surface area contributed by atoms with Crippen LogP contribution in [-0.4, -0.2) is 29.3 Å². The molecule has 0 unspecified atom stereocenters. The minimum absolute atomic E-state index is 0.172. The molecule has 0 bridgehead atoms. The standard InChI is InChI=1S/C11H14F3N3S/c1-18-10-15-8(11(12,13)14)7-9(16-10)17-5-3-2-4-6-17/h7H,2-6H2,1H3. The zero-order valence-corrected chi connectivity index (χ0v) is 10.8. The van der Waals surface area contributed by atoms with Crippen molar-refractivity contribution in [2.24, 2.45) is 0 Å². The molecular formula is C11H14F3N3S. The summed E-state index contributed by atoms with van der Waals surface area (Å²) < 4.78 is 38.2. The van der Waals surface area contributed by atoms with Crippen LogP contribution < -0.4 is 4.90 Å². The van der Waals surface area contributed by atoms with Gasteiger partial charge in [0.2, 0.25) is 0 Å². The zero-order valence-electron chi connectivity index (χ0n) is 10.00. The summed E-state index contributed by atoms with van der Waals surface area (Å²) in [6.45, 7) is 1.53. The van der Waals surface area contributed by atoms with Gasteiger partial charge in [-0.05, 0) is 25.5 Å². The lowest BCUT2D eigenvalue weighted by Gasteiger charge is -2.28. The van der Waals surface area contributed by atoms with Crippen LogP contribution in [0.15, 0.2) is 11.2 Å². The van der Waals surface area contributed by atoms with Crippen LogP contribution in [0.4, 0.5) is 19.0 Å². The largest absolute Gasteiger partial charge is 0.433 e. The zero-order chi connectivity index (χ0) is 13.2. The Hall–Kier alpha value is -0.980. The molecule has 0 amide bonds. The summed E-state index contributed by atoms with van der Waals surface area (Å²) >= 11 is 1.13. The molecule has 1 aromatic heterocycles. The average molecular weight is 277 g/mol. The fraction of sp³-hybridized carbons (Fsp3) is 0.636. The van der Waals surface area contributed by atoms with Crippen molar-refractivity contribution in [1.82, 2.24) is 9.97 Å². The van der Waals surface area contributed by atoms with E-state index in [1.165, 1.54) is 0 Å². The van der Waals surface area contributed by atoms with E-state index in [0.29, 0.717) is 5.82 Å². The van der Waals surface area contributed by atoms with Crippen molar-refractivity contribution in [1.29, 1.82) is 0 Å². The Morgan fingerprint density at radius 3 is 2.39 bits per heavy atom. The van der Waals surface area contributed by atoms with Crippen LogP contribution in [0.5, 0.6) is 0 Å². The molecule has 0 saturated carbocycles. The Kier molecular flexibility index (Phi) is 3.99. The van der Waals surface area contributed by atoms with Gasteiger partial charge in [-0.2, -0.15) is 13.2 Å². The molecule has 1 saturated heterocycles. The number of alkyl halides is 3. The van der Waals surface area contributed by atoms with Gasteiger partial charge in [0, 0.05) is 19.2 Å².